The van der Waals surface area contributed by atoms with Crippen molar-refractivity contribution in [2.24, 2.45) is 0 Å². The molecule has 0 spiro atoms. The van der Waals surface area contributed by atoms with Crippen molar-refractivity contribution in [2.75, 3.05) is 0 Å². The number of aryl methyl sites for hydroxylation is 1. The molecule has 2 heterocycles. The van der Waals surface area contributed by atoms with Crippen LogP contribution in [0.2, 0.25) is 0 Å². The Morgan fingerprint density at radius 1 is 1.47 bits per heavy atom. The van der Waals surface area contributed by atoms with Crippen LogP contribution >= 0.6 is 0 Å². The van der Waals surface area contributed by atoms with Gasteiger partial charge in [0.1, 0.15) is 5.56 Å². The normalized spacial score (nSPS) is 10.2. The van der Waals surface area contributed by atoms with Gasteiger partial charge in [-0.1, -0.05) is 6.07 Å². The molecular weight excluding hydrogens is 220 g/mol. The van der Waals surface area contributed by atoms with E-state index in [1.54, 1.807) is 31.5 Å². The molecule has 0 saturated carbocycles. The molecule has 0 aliphatic rings. The van der Waals surface area contributed by atoms with E-state index in [4.69, 9.17) is 5.11 Å². The zero-order valence-corrected chi connectivity index (χ0v) is 9.10. The molecule has 0 amide bonds. The topological polar surface area (TPSA) is 83.0 Å². The molecule has 2 aromatic heterocycles. The molecule has 0 bridgehead atoms. The molecular formula is C12H10N2O3. The number of carboxylic acid groups (broad SMARTS) is 1. The van der Waals surface area contributed by atoms with Crippen LogP contribution in [0.25, 0.3) is 11.1 Å². The lowest BCUT2D eigenvalue weighted by Gasteiger charge is -2.06. The third-order valence-corrected chi connectivity index (χ3v) is 2.44. The summed E-state index contributed by atoms with van der Waals surface area (Å²) in [5, 5.41) is 8.89. The Labute approximate surface area is 96.8 Å². The minimum absolute atomic E-state index is 0.269. The summed E-state index contributed by atoms with van der Waals surface area (Å²) in [5.41, 5.74) is 1.18. The van der Waals surface area contributed by atoms with Gasteiger partial charge in [-0.05, 0) is 19.1 Å². The zero-order valence-electron chi connectivity index (χ0n) is 9.10. The minimum Gasteiger partial charge on any atom is -0.477 e. The van der Waals surface area contributed by atoms with Crippen LogP contribution in [-0.4, -0.2) is 21.0 Å². The smallest absolute Gasteiger partial charge is 0.341 e. The van der Waals surface area contributed by atoms with E-state index in [-0.39, 0.29) is 5.56 Å². The SMILES string of the molecule is Cc1[nH]c(=O)c(C(=O)O)cc1-c1cccnc1. The second-order valence-corrected chi connectivity index (χ2v) is 3.60. The first-order chi connectivity index (χ1) is 8.09. The predicted molar refractivity (Wildman–Crippen MR) is 62.0 cm³/mol. The fraction of sp³-hybridized carbons (Fsp3) is 0.0833. The molecule has 5 nitrogen and oxygen atoms in total. The second-order valence-electron chi connectivity index (χ2n) is 3.60. The molecule has 2 N–H and O–H groups in total. The van der Waals surface area contributed by atoms with Gasteiger partial charge in [-0.3, -0.25) is 9.78 Å². The van der Waals surface area contributed by atoms with Crippen LogP contribution in [-0.2, 0) is 0 Å². The van der Waals surface area contributed by atoms with Crippen LogP contribution < -0.4 is 5.56 Å². The molecule has 17 heavy (non-hydrogen) atoms. The van der Waals surface area contributed by atoms with Gasteiger partial charge < -0.3 is 10.1 Å². The summed E-state index contributed by atoms with van der Waals surface area (Å²) in [6.07, 6.45) is 3.24. The Kier molecular flexibility index (Phi) is 2.74. The first kappa shape index (κ1) is 11.1. The summed E-state index contributed by atoms with van der Waals surface area (Å²) in [7, 11) is 0. The highest BCUT2D eigenvalue weighted by atomic mass is 16.4. The second kappa shape index (κ2) is 4.21. The van der Waals surface area contributed by atoms with Crippen LogP contribution in [0, 0.1) is 6.92 Å². The lowest BCUT2D eigenvalue weighted by atomic mass is 10.0. The van der Waals surface area contributed by atoms with Crippen molar-refractivity contribution in [3.8, 4) is 11.1 Å². The number of hydrogen-bond donors (Lipinski definition) is 2. The Balaban J connectivity index is 2.67. The van der Waals surface area contributed by atoms with Crippen molar-refractivity contribution in [3.63, 3.8) is 0 Å². The third-order valence-electron chi connectivity index (χ3n) is 2.44. The van der Waals surface area contributed by atoms with Crippen molar-refractivity contribution < 1.29 is 9.90 Å². The monoisotopic (exact) mass is 230 g/mol. The molecule has 86 valence electrons. The lowest BCUT2D eigenvalue weighted by Crippen LogP contribution is -2.18. The number of rotatable bonds is 2. The average molecular weight is 230 g/mol. The maximum atomic E-state index is 11.4. The van der Waals surface area contributed by atoms with Crippen LogP contribution in [0.5, 0.6) is 0 Å². The Hall–Kier alpha value is -2.43. The van der Waals surface area contributed by atoms with Gasteiger partial charge in [0.25, 0.3) is 5.56 Å². The molecule has 2 aromatic rings. The summed E-state index contributed by atoms with van der Waals surface area (Å²) in [6.45, 7) is 1.72. The van der Waals surface area contributed by atoms with E-state index in [2.05, 4.69) is 9.97 Å². The van der Waals surface area contributed by atoms with Gasteiger partial charge in [-0.15, -0.1) is 0 Å². The van der Waals surface area contributed by atoms with Gasteiger partial charge in [0.05, 0.1) is 0 Å². The molecule has 0 saturated heterocycles. The largest absolute Gasteiger partial charge is 0.477 e. The van der Waals surface area contributed by atoms with E-state index in [9.17, 15) is 9.59 Å². The Morgan fingerprint density at radius 2 is 2.24 bits per heavy atom. The molecule has 0 aromatic carbocycles. The number of aromatic nitrogens is 2. The summed E-state index contributed by atoms with van der Waals surface area (Å²) >= 11 is 0. The number of hydrogen-bond acceptors (Lipinski definition) is 3. The molecule has 0 atom stereocenters. The number of nitrogens with zero attached hydrogens (tertiary/aromatic N) is 1. The fourth-order valence-electron chi connectivity index (χ4n) is 1.60. The van der Waals surface area contributed by atoms with E-state index >= 15 is 0 Å². The number of pyridine rings is 2. The molecule has 2 rings (SSSR count). The highest BCUT2D eigenvalue weighted by molar-refractivity contribution is 5.89. The number of aromatic carboxylic acids is 1. The van der Waals surface area contributed by atoms with Crippen molar-refractivity contribution in [1.29, 1.82) is 0 Å². The van der Waals surface area contributed by atoms with Crippen molar-refractivity contribution in [1.82, 2.24) is 9.97 Å². The standard InChI is InChI=1S/C12H10N2O3/c1-7-9(8-3-2-4-13-6-8)5-10(12(16)17)11(15)14-7/h2-6H,1H3,(H,14,15)(H,16,17). The summed E-state index contributed by atoms with van der Waals surface area (Å²) in [4.78, 5) is 28.8. The molecule has 0 aliphatic carbocycles. The lowest BCUT2D eigenvalue weighted by molar-refractivity contribution is 0.0695. The van der Waals surface area contributed by atoms with Crippen molar-refractivity contribution >= 4 is 5.97 Å². The van der Waals surface area contributed by atoms with E-state index in [0.29, 0.717) is 11.3 Å². The van der Waals surface area contributed by atoms with E-state index in [1.807, 2.05) is 0 Å². The Morgan fingerprint density at radius 3 is 2.82 bits per heavy atom. The minimum atomic E-state index is -1.24. The molecule has 0 fully saturated rings. The first-order valence-electron chi connectivity index (χ1n) is 4.97. The van der Waals surface area contributed by atoms with Crippen LogP contribution in [0.15, 0.2) is 35.4 Å². The van der Waals surface area contributed by atoms with Gasteiger partial charge in [0.15, 0.2) is 0 Å². The summed E-state index contributed by atoms with van der Waals surface area (Å²) < 4.78 is 0. The number of nitrogens with one attached hydrogen (secondary N) is 1. The van der Waals surface area contributed by atoms with Crippen LogP contribution in [0.3, 0.4) is 0 Å². The highest BCUT2D eigenvalue weighted by Gasteiger charge is 2.12. The fourth-order valence-corrected chi connectivity index (χ4v) is 1.60. The highest BCUT2D eigenvalue weighted by Crippen LogP contribution is 2.20. The number of H-pyrrole nitrogens is 1. The quantitative estimate of drug-likeness (QED) is 0.817. The van der Waals surface area contributed by atoms with E-state index in [0.717, 1.165) is 5.56 Å². The van der Waals surface area contributed by atoms with Crippen molar-refractivity contribution in [3.05, 3.63) is 52.2 Å². The van der Waals surface area contributed by atoms with Gasteiger partial charge in [0, 0.05) is 29.2 Å². The van der Waals surface area contributed by atoms with Gasteiger partial charge in [-0.2, -0.15) is 0 Å². The number of carbonyl (C=O) groups is 1. The summed E-state index contributed by atoms with van der Waals surface area (Å²) in [5.74, 6) is -1.24. The average Bonchev–Trinajstić information content (AvgIpc) is 2.29. The predicted octanol–water partition coefficient (Wildman–Crippen LogP) is 1.44. The van der Waals surface area contributed by atoms with Gasteiger partial charge >= 0.3 is 5.97 Å². The molecule has 0 radical (unpaired) electrons. The first-order valence-corrected chi connectivity index (χ1v) is 4.97. The maximum Gasteiger partial charge on any atom is 0.341 e. The van der Waals surface area contributed by atoms with E-state index < -0.39 is 11.5 Å². The van der Waals surface area contributed by atoms with Crippen molar-refractivity contribution in [2.45, 2.75) is 6.92 Å². The zero-order chi connectivity index (χ0) is 12.4. The van der Waals surface area contributed by atoms with Crippen LogP contribution in [0.4, 0.5) is 0 Å². The van der Waals surface area contributed by atoms with Crippen LogP contribution in [0.1, 0.15) is 16.1 Å². The van der Waals surface area contributed by atoms with Gasteiger partial charge in [-0.25, -0.2) is 4.79 Å². The van der Waals surface area contributed by atoms with Gasteiger partial charge in [0.2, 0.25) is 0 Å². The number of aromatic amines is 1. The van der Waals surface area contributed by atoms with E-state index in [1.165, 1.54) is 6.07 Å². The molecule has 5 heteroatoms. The summed E-state index contributed by atoms with van der Waals surface area (Å²) in [6, 6.07) is 4.92. The number of carboxylic acids is 1. The maximum absolute atomic E-state index is 11.4. The Bertz CT molecular complexity index is 617. The molecule has 0 unspecified atom stereocenters. The molecule has 0 aliphatic heterocycles. The third kappa shape index (κ3) is 2.08.